The molecule has 6 rings (SSSR count). The number of aliphatic carboxylic acids is 2. The van der Waals surface area contributed by atoms with Gasteiger partial charge in [-0.3, -0.25) is 25.4 Å². The third kappa shape index (κ3) is 83.7. The highest BCUT2D eigenvalue weighted by Gasteiger charge is 2.20. The molecule has 0 spiro atoms. The summed E-state index contributed by atoms with van der Waals surface area (Å²) in [4.78, 5) is 21.0. The molecule has 6 aromatic carbocycles. The van der Waals surface area contributed by atoms with Gasteiger partial charge in [0.1, 0.15) is 12.1 Å². The lowest BCUT2D eigenvalue weighted by molar-refractivity contribution is -0.139. The Labute approximate surface area is 847 Å². The zero-order valence-electron chi connectivity index (χ0n) is 82.5. The first kappa shape index (κ1) is 128. The summed E-state index contributed by atoms with van der Waals surface area (Å²) in [6.45, 7) is 32.7. The topological polar surface area (TPSA) is 227 Å². The summed E-state index contributed by atoms with van der Waals surface area (Å²) in [6, 6.07) is 68.6. The number of carboxylic acid groups (broad SMARTS) is 2. The number of hydrogen-bond acceptors (Lipinski definition) is 10. The number of nitrogens with two attached hydrogens (primary N) is 4. The smallest absolute Gasteiger partial charge is 0.321 e. The van der Waals surface area contributed by atoms with E-state index < -0.39 is 50.3 Å². The molecule has 8 unspecified atom stereocenters. The van der Waals surface area contributed by atoms with Gasteiger partial charge in [0.15, 0.2) is 0 Å². The quantitative estimate of drug-likeness (QED) is 0.00566. The average Bonchev–Trinajstić information content (AvgIpc) is 0.915. The van der Waals surface area contributed by atoms with Crippen molar-refractivity contribution in [1.29, 1.82) is 0 Å². The van der Waals surface area contributed by atoms with Crippen LogP contribution in [-0.4, -0.2) is 92.0 Å². The molecule has 0 aliphatic carbocycles. The highest BCUT2D eigenvalue weighted by molar-refractivity contribution is 14.1. The molecule has 0 radical (unpaired) electrons. The van der Waals surface area contributed by atoms with E-state index in [0.29, 0.717) is 43.4 Å². The summed E-state index contributed by atoms with van der Waals surface area (Å²) in [5.74, 6) is 4.92. The van der Waals surface area contributed by atoms with Crippen LogP contribution < -0.4 is 37.1 Å². The van der Waals surface area contributed by atoms with Crippen molar-refractivity contribution in [1.82, 2.24) is 14.1 Å². The molecule has 129 heavy (non-hydrogen) atoms. The first-order valence-electron chi connectivity index (χ1n) is 48.8. The second-order valence-corrected chi connectivity index (χ2v) is 63.9. The van der Waals surface area contributed by atoms with Gasteiger partial charge in [-0.2, -0.15) is 0 Å². The van der Waals surface area contributed by atoms with Crippen LogP contribution >= 0.6 is 91.5 Å². The van der Waals surface area contributed by atoms with E-state index in [4.69, 9.17) is 33.1 Å². The molecule has 730 valence electrons. The van der Waals surface area contributed by atoms with Crippen LogP contribution in [0.5, 0.6) is 0 Å². The number of benzene rings is 6. The van der Waals surface area contributed by atoms with Gasteiger partial charge in [0.25, 0.3) is 0 Å². The van der Waals surface area contributed by atoms with Crippen molar-refractivity contribution >= 4 is 148 Å². The fourth-order valence-electron chi connectivity index (χ4n) is 13.6. The molecule has 0 saturated carbocycles. The van der Waals surface area contributed by atoms with Crippen LogP contribution in [0, 0.1) is 11.8 Å². The van der Waals surface area contributed by atoms with Crippen molar-refractivity contribution in [3.63, 3.8) is 0 Å². The Morgan fingerprint density at radius 3 is 1.02 bits per heavy atom. The molecule has 0 amide bonds. The molecular weight excluding hydrogens is 2120 g/mol. The number of rotatable bonds is 58. The van der Waals surface area contributed by atoms with E-state index in [1.807, 2.05) is 83.5 Å². The Morgan fingerprint density at radius 1 is 0.357 bits per heavy atom. The van der Waals surface area contributed by atoms with Crippen LogP contribution in [-0.2, 0) is 9.59 Å². The maximum atomic E-state index is 11.9. The fourth-order valence-corrected chi connectivity index (χ4v) is 21.3. The van der Waals surface area contributed by atoms with Crippen LogP contribution in [0.4, 0.5) is 8.78 Å². The van der Waals surface area contributed by atoms with Gasteiger partial charge in [-0.05, 0) is 149 Å². The van der Waals surface area contributed by atoms with E-state index in [-0.39, 0.29) is 31.5 Å². The Kier molecular flexibility index (Phi) is 84.2. The summed E-state index contributed by atoms with van der Waals surface area (Å²) >= 11 is 8.56. The third-order valence-corrected chi connectivity index (χ3v) is 32.0. The molecule has 0 aliphatic heterocycles. The minimum atomic E-state index is -0.945. The van der Waals surface area contributed by atoms with E-state index in [2.05, 4.69) is 333 Å². The summed E-state index contributed by atoms with van der Waals surface area (Å²) < 4.78 is 36.4. The van der Waals surface area contributed by atoms with Crippen LogP contribution in [0.15, 0.2) is 194 Å². The zero-order chi connectivity index (χ0) is 96.5. The number of unbranched alkanes of at least 4 members (excludes halogenated alkanes) is 16. The van der Waals surface area contributed by atoms with Gasteiger partial charge in [-0.15, -0.1) is 5.92 Å². The second-order valence-electron chi connectivity index (χ2n) is 39.0. The number of carboxylic acids is 2. The van der Waals surface area contributed by atoms with E-state index in [9.17, 15) is 18.4 Å². The van der Waals surface area contributed by atoms with Crippen molar-refractivity contribution in [3.05, 3.63) is 228 Å². The molecule has 6 aromatic rings. The number of halogens is 6. The SMILES string of the molecule is CCCC#CC(CCCC[Si](C)(C)C)NI.CCCCCCCCC(N)CCCC[Si](C)(C)C.C[Si](C)(C)CCCCC(N)C(=O)O.C[Si](C)(C)CCCCC(NI)C(=O)O.FCCCCC(NI)c1ccccc1.INC(CCCC/C=C/c1ccccc1)c1ccccc1.NC(CCCC/C=C/c1ccccc1)c1ccccc1.NC(CCCCF)c1ccccc1. The normalized spacial score (nSPS) is 13.2. The second kappa shape index (κ2) is 85.1. The van der Waals surface area contributed by atoms with Gasteiger partial charge in [-0.1, -0.05) is 432 Å². The Bertz CT molecular complexity index is 3620. The summed E-state index contributed by atoms with van der Waals surface area (Å²) in [7, 11) is -3.52. The van der Waals surface area contributed by atoms with Crippen LogP contribution in [0.1, 0.15) is 296 Å². The van der Waals surface area contributed by atoms with E-state index in [1.165, 1.54) is 168 Å². The predicted octanol–water partition coefficient (Wildman–Crippen LogP) is 32.5. The maximum absolute atomic E-state index is 11.9. The Hall–Kier alpha value is -3.37. The zero-order valence-corrected chi connectivity index (χ0v) is 95.2. The van der Waals surface area contributed by atoms with Crippen molar-refractivity contribution in [2.75, 3.05) is 13.3 Å². The predicted molar refractivity (Wildman–Crippen MR) is 609 cm³/mol. The van der Waals surface area contributed by atoms with Crippen LogP contribution in [0.3, 0.4) is 0 Å². The van der Waals surface area contributed by atoms with Gasteiger partial charge in [0, 0.05) is 160 Å². The van der Waals surface area contributed by atoms with Gasteiger partial charge in [-0.25, -0.2) is 7.06 Å². The molecule has 0 bridgehead atoms. The minimum absolute atomic E-state index is 0.0627. The number of alkyl halides is 2. The van der Waals surface area contributed by atoms with Gasteiger partial charge >= 0.3 is 11.9 Å². The monoisotopic (exact) mass is 2300 g/mol. The molecule has 0 saturated heterocycles. The van der Waals surface area contributed by atoms with Crippen LogP contribution in [0.25, 0.3) is 12.2 Å². The van der Waals surface area contributed by atoms with Crippen molar-refractivity contribution in [3.8, 4) is 11.8 Å². The van der Waals surface area contributed by atoms with E-state index >= 15 is 0 Å². The lowest BCUT2D eigenvalue weighted by Gasteiger charge is -2.16. The third-order valence-electron chi connectivity index (χ3n) is 21.6. The molecular formula is C107H180F2I4N8O4Si4. The van der Waals surface area contributed by atoms with Crippen molar-refractivity contribution in [2.45, 2.75) is 390 Å². The van der Waals surface area contributed by atoms with Gasteiger partial charge < -0.3 is 33.1 Å². The number of nitrogens with one attached hydrogen (secondary N) is 4. The highest BCUT2D eigenvalue weighted by Crippen LogP contribution is 2.26. The lowest BCUT2D eigenvalue weighted by atomic mass is 10.0. The molecule has 12 nitrogen and oxygen atoms in total. The summed E-state index contributed by atoms with van der Waals surface area (Å²) in [5, 5.41) is 17.3. The number of hydrogen-bond donors (Lipinski definition) is 10. The fraction of sp³-hybridized carbons (Fsp3) is 0.589. The molecule has 22 heteroatoms. The molecule has 0 fully saturated rings. The minimum Gasteiger partial charge on any atom is -0.480 e. The average molecular weight is 2300 g/mol. The lowest BCUT2D eigenvalue weighted by Crippen LogP contribution is -2.30. The van der Waals surface area contributed by atoms with E-state index in [0.717, 1.165) is 95.5 Å². The Balaban J connectivity index is 0. The molecule has 0 heterocycles. The van der Waals surface area contributed by atoms with Gasteiger partial charge in [0.2, 0.25) is 0 Å². The van der Waals surface area contributed by atoms with Crippen molar-refractivity contribution in [2.24, 2.45) is 22.9 Å². The molecule has 0 aromatic heterocycles. The standard InChI is InChI=1S/C19H22IN.C19H23N.C16H37NSi.C13H26INSi.C11H15FIN.C11H16FN.C9H20INO2Si.C9H21NO2Si/c20-21-19(18-14-8-4-9-15-18)16-10-2-1-5-11-17-12-6-3-7-13-17;20-19(18-14-8-4-9-15-18)16-10-2-1-5-11-17-12-6-3-7-13-17;1-5-6-7-8-9-10-13-16(17)14-11-12-15-18(2,3)4;1-5-6-7-10-13(15-14)11-8-9-12-16(2,3)4;12-9-5-4-8-11(14-13)10-6-2-1-3-7-10;12-9-5-4-8-11(13)10-6-2-1-3-7-10;1-14(2,3)7-5-4-6-8(11-10)9(12)13;1-13(2,3)7-5-4-6-8(10)9(11)12/h3-9,11-15,19,21H,1-2,10,16H2;3-9,11-15,19H,1-2,10,16,20H2;16H,5-15,17H2,1-4H3;13,15H,5-6,8-9,11-12H2,1-4H3;1-3,6-7,11,14H,4-5,8-9H2;1-3,6-7,11H,4-5,8-9,13H2;8,11H,4-7H2,1-3H3,(H,12,13);8H,4-7,10H2,1-3H3,(H,11,12)/b2*11-5+;;;;;;. The Morgan fingerprint density at radius 2 is 0.674 bits per heavy atom. The largest absolute Gasteiger partial charge is 0.480 e. The van der Waals surface area contributed by atoms with Crippen LogP contribution in [0.2, 0.25) is 103 Å². The highest BCUT2D eigenvalue weighted by atomic mass is 127. The first-order valence-corrected chi connectivity index (χ1v) is 67.9. The molecule has 0 aliphatic rings. The molecule has 14 N–H and O–H groups in total. The van der Waals surface area contributed by atoms with Crippen molar-refractivity contribution < 1.29 is 28.6 Å². The first-order chi connectivity index (χ1) is 61.6. The number of carbonyl (C=O) groups is 2. The van der Waals surface area contributed by atoms with Gasteiger partial charge in [0.05, 0.1) is 19.4 Å². The summed E-state index contributed by atoms with van der Waals surface area (Å²) in [5.41, 5.74) is 31.3. The number of allylic oxidation sites excluding steroid dienone is 2. The molecule has 8 atom stereocenters. The summed E-state index contributed by atoms with van der Waals surface area (Å²) in [6.07, 6.45) is 48.5. The maximum Gasteiger partial charge on any atom is 0.321 e. The van der Waals surface area contributed by atoms with E-state index in [1.54, 1.807) is 0 Å².